The number of sulfonamides is 1. The number of rotatable bonds is 8. The normalized spacial score (nSPS) is 16.9. The van der Waals surface area contributed by atoms with Crippen molar-refractivity contribution in [1.82, 2.24) is 4.90 Å². The van der Waals surface area contributed by atoms with Crippen molar-refractivity contribution in [2.24, 2.45) is 0 Å². The maximum absolute atomic E-state index is 13.6. The van der Waals surface area contributed by atoms with Crippen molar-refractivity contribution in [3.63, 3.8) is 0 Å². The highest BCUT2D eigenvalue weighted by Crippen LogP contribution is 2.35. The van der Waals surface area contributed by atoms with Crippen LogP contribution in [0.15, 0.2) is 47.4 Å². The van der Waals surface area contributed by atoms with Crippen LogP contribution in [0.25, 0.3) is 0 Å². The topological polar surface area (TPSA) is 40.6 Å². The van der Waals surface area contributed by atoms with E-state index >= 15 is 0 Å². The molecule has 4 nitrogen and oxygen atoms in total. The number of thioether (sulfide) groups is 1. The lowest BCUT2D eigenvalue weighted by molar-refractivity contribution is 0.226. The average molecular weight is 522 g/mol. The van der Waals surface area contributed by atoms with Crippen molar-refractivity contribution in [3.8, 4) is 0 Å². The van der Waals surface area contributed by atoms with Crippen molar-refractivity contribution < 1.29 is 8.42 Å². The van der Waals surface area contributed by atoms with E-state index in [1.54, 1.807) is 30.3 Å². The summed E-state index contributed by atoms with van der Waals surface area (Å²) in [6, 6.07) is 10.8. The Morgan fingerprint density at radius 3 is 2.29 bits per heavy atom. The summed E-state index contributed by atoms with van der Waals surface area (Å²) in [6.07, 6.45) is 5.18. The molecule has 1 unspecified atom stereocenters. The molecule has 0 radical (unpaired) electrons. The molecule has 1 atom stereocenters. The second kappa shape index (κ2) is 11.0. The lowest BCUT2D eigenvalue weighted by Crippen LogP contribution is -2.42. The molecule has 9 heteroatoms. The summed E-state index contributed by atoms with van der Waals surface area (Å²) in [6.45, 7) is 4.83. The average Bonchev–Trinajstić information content (AvgIpc) is 2.75. The molecule has 0 bridgehead atoms. The Bertz CT molecular complexity index is 979. The van der Waals surface area contributed by atoms with Crippen molar-refractivity contribution in [1.29, 1.82) is 0 Å². The molecule has 3 rings (SSSR count). The van der Waals surface area contributed by atoms with E-state index < -0.39 is 10.0 Å². The first kappa shape index (κ1) is 25.0. The minimum absolute atomic E-state index is 0.167. The first-order chi connectivity index (χ1) is 14.7. The molecule has 0 amide bonds. The predicted octanol–water partition coefficient (Wildman–Crippen LogP) is 6.45. The molecule has 1 fully saturated rings. The zero-order chi connectivity index (χ0) is 22.6. The molecular formula is C22H27Cl3N2O2S2. The van der Waals surface area contributed by atoms with Gasteiger partial charge in [-0.2, -0.15) is 11.8 Å². The summed E-state index contributed by atoms with van der Waals surface area (Å²) in [5, 5.41) is 1.98. The van der Waals surface area contributed by atoms with E-state index in [1.807, 2.05) is 18.7 Å². The summed E-state index contributed by atoms with van der Waals surface area (Å²) < 4.78 is 28.7. The summed E-state index contributed by atoms with van der Waals surface area (Å²) in [5.74, 6) is 0. The second-order valence-electron chi connectivity index (χ2n) is 7.76. The molecule has 1 aliphatic rings. The zero-order valence-corrected chi connectivity index (χ0v) is 21.5. The molecule has 1 aliphatic heterocycles. The number of benzene rings is 2. The van der Waals surface area contributed by atoms with Crippen molar-refractivity contribution in [3.05, 3.63) is 57.5 Å². The highest BCUT2D eigenvalue weighted by Gasteiger charge is 2.31. The van der Waals surface area contributed by atoms with Gasteiger partial charge in [-0.1, -0.05) is 34.8 Å². The van der Waals surface area contributed by atoms with Gasteiger partial charge in [-0.3, -0.25) is 4.31 Å². The zero-order valence-electron chi connectivity index (χ0n) is 17.6. The molecule has 2 aromatic rings. The number of likely N-dealkylation sites (tertiary alicyclic amines) is 1. The first-order valence-electron chi connectivity index (χ1n) is 10.2. The molecular weight excluding hydrogens is 495 g/mol. The van der Waals surface area contributed by atoms with Crippen LogP contribution >= 0.6 is 46.6 Å². The highest BCUT2D eigenvalue weighted by atomic mass is 35.5. The van der Waals surface area contributed by atoms with E-state index in [1.165, 1.54) is 29.3 Å². The molecule has 31 heavy (non-hydrogen) atoms. The molecule has 2 aromatic carbocycles. The Kier molecular flexibility index (Phi) is 8.87. The number of anilines is 1. The Balaban J connectivity index is 1.87. The maximum Gasteiger partial charge on any atom is 0.264 e. The standard InChI is InChI=1S/C22H27Cl3N2O2S2/c1-16(9-12-26-13-10-19(30-2)11-14-26)27(22-15-18(24)5-8-21(22)25)31(28,29)20-6-3-17(23)4-7-20/h3-8,15-16,19H,9-14H2,1-2H3. The molecule has 0 aliphatic carbocycles. The lowest BCUT2D eigenvalue weighted by Gasteiger charge is -2.35. The molecule has 1 saturated heterocycles. The van der Waals surface area contributed by atoms with Gasteiger partial charge < -0.3 is 4.90 Å². The predicted molar refractivity (Wildman–Crippen MR) is 135 cm³/mol. The van der Waals surface area contributed by atoms with Crippen LogP contribution in [-0.2, 0) is 10.0 Å². The third-order valence-electron chi connectivity index (χ3n) is 5.65. The van der Waals surface area contributed by atoms with Gasteiger partial charge in [-0.05, 0) is 88.0 Å². The highest BCUT2D eigenvalue weighted by molar-refractivity contribution is 7.99. The SMILES string of the molecule is CSC1CCN(CCC(C)N(c2cc(Cl)ccc2Cl)S(=O)(=O)c2ccc(Cl)cc2)CC1. The van der Waals surface area contributed by atoms with Crippen LogP contribution in [0.5, 0.6) is 0 Å². The minimum atomic E-state index is -3.87. The van der Waals surface area contributed by atoms with E-state index in [2.05, 4.69) is 11.2 Å². The van der Waals surface area contributed by atoms with Gasteiger partial charge in [0.25, 0.3) is 10.0 Å². The summed E-state index contributed by atoms with van der Waals surface area (Å²) >= 11 is 20.5. The fourth-order valence-electron chi connectivity index (χ4n) is 3.83. The molecule has 0 spiro atoms. The first-order valence-corrected chi connectivity index (χ1v) is 14.1. The number of piperidine rings is 1. The van der Waals surface area contributed by atoms with Gasteiger partial charge >= 0.3 is 0 Å². The summed E-state index contributed by atoms with van der Waals surface area (Å²) in [7, 11) is -3.87. The van der Waals surface area contributed by atoms with Crippen LogP contribution in [-0.4, -0.2) is 50.5 Å². The summed E-state index contributed by atoms with van der Waals surface area (Å²) in [4.78, 5) is 2.58. The van der Waals surface area contributed by atoms with Gasteiger partial charge in [0, 0.05) is 27.9 Å². The van der Waals surface area contributed by atoms with Crippen LogP contribution in [0.4, 0.5) is 5.69 Å². The molecule has 0 aromatic heterocycles. The fraction of sp³-hybridized carbons (Fsp3) is 0.455. The smallest absolute Gasteiger partial charge is 0.264 e. The van der Waals surface area contributed by atoms with Crippen LogP contribution in [0.2, 0.25) is 15.1 Å². The largest absolute Gasteiger partial charge is 0.303 e. The fourth-order valence-corrected chi connectivity index (χ4v) is 6.76. The van der Waals surface area contributed by atoms with Crippen molar-refractivity contribution in [2.75, 3.05) is 30.2 Å². The molecule has 0 saturated carbocycles. The van der Waals surface area contributed by atoms with E-state index in [-0.39, 0.29) is 10.9 Å². The number of halogens is 3. The van der Waals surface area contributed by atoms with Gasteiger partial charge in [-0.15, -0.1) is 0 Å². The van der Waals surface area contributed by atoms with E-state index in [0.717, 1.165) is 24.9 Å². The van der Waals surface area contributed by atoms with Gasteiger partial charge in [-0.25, -0.2) is 8.42 Å². The van der Waals surface area contributed by atoms with E-state index in [0.29, 0.717) is 27.2 Å². The molecule has 0 N–H and O–H groups in total. The Morgan fingerprint density at radius 2 is 1.68 bits per heavy atom. The lowest BCUT2D eigenvalue weighted by atomic mass is 10.1. The van der Waals surface area contributed by atoms with Crippen LogP contribution in [0, 0.1) is 0 Å². The monoisotopic (exact) mass is 520 g/mol. The Hall–Kier alpha value is -0.630. The summed E-state index contributed by atoms with van der Waals surface area (Å²) in [5.41, 5.74) is 0.387. The van der Waals surface area contributed by atoms with Crippen molar-refractivity contribution in [2.45, 2.75) is 42.4 Å². The van der Waals surface area contributed by atoms with Crippen molar-refractivity contribution >= 4 is 62.3 Å². The minimum Gasteiger partial charge on any atom is -0.303 e. The molecule has 1 heterocycles. The quantitative estimate of drug-likeness (QED) is 0.400. The third kappa shape index (κ3) is 6.24. The second-order valence-corrected chi connectivity index (χ2v) is 12.0. The Morgan fingerprint density at radius 1 is 1.06 bits per heavy atom. The van der Waals surface area contributed by atoms with E-state index in [9.17, 15) is 8.42 Å². The van der Waals surface area contributed by atoms with Crippen LogP contribution in [0.1, 0.15) is 26.2 Å². The number of hydrogen-bond donors (Lipinski definition) is 0. The number of nitrogens with zero attached hydrogens (tertiary/aromatic N) is 2. The molecule has 170 valence electrons. The maximum atomic E-state index is 13.6. The van der Waals surface area contributed by atoms with Gasteiger partial charge in [0.15, 0.2) is 0 Å². The van der Waals surface area contributed by atoms with Gasteiger partial charge in [0.1, 0.15) is 0 Å². The third-order valence-corrected chi connectivity index (χ3v) is 9.53. The number of hydrogen-bond acceptors (Lipinski definition) is 4. The van der Waals surface area contributed by atoms with Gasteiger partial charge in [0.2, 0.25) is 0 Å². The Labute approximate surface area is 204 Å². The van der Waals surface area contributed by atoms with Crippen LogP contribution < -0.4 is 4.31 Å². The van der Waals surface area contributed by atoms with E-state index in [4.69, 9.17) is 34.8 Å². The van der Waals surface area contributed by atoms with Crippen LogP contribution in [0.3, 0.4) is 0 Å². The van der Waals surface area contributed by atoms with Gasteiger partial charge in [0.05, 0.1) is 15.6 Å².